The minimum atomic E-state index is -0.0624. The minimum absolute atomic E-state index is 0.0624. The first-order valence-electron chi connectivity index (χ1n) is 9.11. The molecule has 0 saturated carbocycles. The molecule has 0 radical (unpaired) electrons. The van der Waals surface area contributed by atoms with Crippen molar-refractivity contribution >= 4 is 39.3 Å². The molecule has 0 saturated heterocycles. The van der Waals surface area contributed by atoms with Crippen LogP contribution in [0.5, 0.6) is 5.75 Å². The second-order valence-corrected chi connectivity index (χ2v) is 8.64. The summed E-state index contributed by atoms with van der Waals surface area (Å²) in [4.78, 5) is 15.8. The lowest BCUT2D eigenvalue weighted by atomic mass is 9.95. The number of methoxy groups -OCH3 is 1. The van der Waals surface area contributed by atoms with Crippen molar-refractivity contribution in [2.45, 2.75) is 32.2 Å². The first-order chi connectivity index (χ1) is 13.3. The summed E-state index contributed by atoms with van der Waals surface area (Å²) in [5.41, 5.74) is 2.72. The highest BCUT2D eigenvalue weighted by Gasteiger charge is 2.26. The van der Waals surface area contributed by atoms with Crippen molar-refractivity contribution in [1.29, 1.82) is 0 Å². The number of anilines is 2. The molecule has 4 nitrogen and oxygen atoms in total. The fraction of sp³-hybridized carbons (Fsp3) is 0.286. The maximum atomic E-state index is 13.2. The fourth-order valence-electron chi connectivity index (χ4n) is 3.44. The Morgan fingerprint density at radius 1 is 1.15 bits per heavy atom. The van der Waals surface area contributed by atoms with E-state index >= 15 is 0 Å². The summed E-state index contributed by atoms with van der Waals surface area (Å²) >= 11 is 3.46. The maximum Gasteiger partial charge on any atom is 0.259 e. The highest BCUT2D eigenvalue weighted by molar-refractivity contribution is 7.16. The van der Waals surface area contributed by atoms with E-state index in [1.54, 1.807) is 29.8 Å². The highest BCUT2D eigenvalue weighted by Crippen LogP contribution is 2.39. The summed E-state index contributed by atoms with van der Waals surface area (Å²) in [6, 6.07) is 11.7. The number of rotatable bonds is 6. The molecule has 0 fully saturated rings. The fourth-order valence-corrected chi connectivity index (χ4v) is 5.37. The number of carbonyl (C=O) groups is 1. The zero-order chi connectivity index (χ0) is 18.6. The number of amides is 1. The Morgan fingerprint density at radius 3 is 2.81 bits per heavy atom. The molecule has 4 rings (SSSR count). The predicted molar refractivity (Wildman–Crippen MR) is 114 cm³/mol. The number of ether oxygens (including phenoxy) is 1. The molecule has 0 spiro atoms. The van der Waals surface area contributed by atoms with Gasteiger partial charge in [0.2, 0.25) is 0 Å². The quantitative estimate of drug-likeness (QED) is 0.571. The molecule has 27 heavy (non-hydrogen) atoms. The maximum absolute atomic E-state index is 13.2. The molecular weight excluding hydrogens is 376 g/mol. The van der Waals surface area contributed by atoms with Crippen molar-refractivity contribution < 1.29 is 9.53 Å². The summed E-state index contributed by atoms with van der Waals surface area (Å²) in [6.07, 6.45) is 4.38. The molecule has 0 bridgehead atoms. The van der Waals surface area contributed by atoms with Gasteiger partial charge in [-0.05, 0) is 54.8 Å². The Labute approximate surface area is 167 Å². The first kappa shape index (κ1) is 18.1. The number of fused-ring (bicyclic) bond motifs is 1. The zero-order valence-corrected chi connectivity index (χ0v) is 16.8. The third kappa shape index (κ3) is 3.87. The molecule has 0 atom stereocenters. The van der Waals surface area contributed by atoms with Gasteiger partial charge in [-0.1, -0.05) is 18.2 Å². The van der Waals surface area contributed by atoms with Crippen LogP contribution in [0, 0.1) is 0 Å². The number of benzene rings is 1. The van der Waals surface area contributed by atoms with Crippen LogP contribution in [0.3, 0.4) is 0 Å². The van der Waals surface area contributed by atoms with Crippen molar-refractivity contribution in [1.82, 2.24) is 0 Å². The summed E-state index contributed by atoms with van der Waals surface area (Å²) in [5, 5.41) is 9.61. The van der Waals surface area contributed by atoms with Crippen molar-refractivity contribution in [2.24, 2.45) is 0 Å². The largest absolute Gasteiger partial charge is 0.495 e. The van der Waals surface area contributed by atoms with Crippen LogP contribution in [0.4, 0.5) is 10.7 Å². The number of thiophene rings is 2. The van der Waals surface area contributed by atoms with Crippen molar-refractivity contribution in [3.63, 3.8) is 0 Å². The molecule has 0 aliphatic heterocycles. The van der Waals surface area contributed by atoms with Crippen LogP contribution < -0.4 is 15.4 Å². The van der Waals surface area contributed by atoms with Crippen LogP contribution in [0.1, 0.15) is 38.5 Å². The molecule has 1 amide bonds. The number of para-hydroxylation sites is 2. The Bertz CT molecular complexity index is 932. The lowest BCUT2D eigenvalue weighted by molar-refractivity contribution is 0.102. The van der Waals surface area contributed by atoms with Gasteiger partial charge in [0.1, 0.15) is 10.8 Å². The van der Waals surface area contributed by atoms with Crippen LogP contribution >= 0.6 is 22.7 Å². The van der Waals surface area contributed by atoms with Gasteiger partial charge in [-0.15, -0.1) is 22.7 Å². The lowest BCUT2D eigenvalue weighted by Crippen LogP contribution is -2.16. The Balaban J connectivity index is 1.63. The molecule has 0 unspecified atom stereocenters. The Hall–Kier alpha value is -2.31. The van der Waals surface area contributed by atoms with E-state index in [9.17, 15) is 4.79 Å². The topological polar surface area (TPSA) is 50.4 Å². The van der Waals surface area contributed by atoms with E-state index in [0.29, 0.717) is 11.4 Å². The van der Waals surface area contributed by atoms with Crippen molar-refractivity contribution in [3.05, 3.63) is 62.7 Å². The molecule has 2 heterocycles. The van der Waals surface area contributed by atoms with Gasteiger partial charge in [-0.2, -0.15) is 0 Å². The average molecular weight is 399 g/mol. The summed E-state index contributed by atoms with van der Waals surface area (Å²) in [6.45, 7) is 0.742. The third-order valence-electron chi connectivity index (χ3n) is 4.76. The standard InChI is InChI=1S/C21H22N2O2S2/c1-25-17-10-4-3-9-16(17)23-20(24)19-15-8-2-5-11-18(15)27-21(19)22-13-14-7-6-12-26-14/h3-4,6-7,9-10,12,22H,2,5,8,11,13H2,1H3,(H,23,24). The van der Waals surface area contributed by atoms with E-state index in [1.807, 2.05) is 24.3 Å². The van der Waals surface area contributed by atoms with Gasteiger partial charge in [0.15, 0.2) is 0 Å². The number of carbonyl (C=O) groups excluding carboxylic acids is 1. The molecular formula is C21H22N2O2S2. The number of aryl methyl sites for hydroxylation is 1. The number of hydrogen-bond acceptors (Lipinski definition) is 5. The zero-order valence-electron chi connectivity index (χ0n) is 15.2. The monoisotopic (exact) mass is 398 g/mol. The van der Waals surface area contributed by atoms with E-state index in [-0.39, 0.29) is 5.91 Å². The molecule has 3 aromatic rings. The SMILES string of the molecule is COc1ccccc1NC(=O)c1c(NCc2cccs2)sc2c1CCCC2. The average Bonchev–Trinajstić information content (AvgIpc) is 3.34. The van der Waals surface area contributed by atoms with Gasteiger partial charge in [0, 0.05) is 9.75 Å². The molecule has 1 aliphatic carbocycles. The van der Waals surface area contributed by atoms with E-state index < -0.39 is 0 Å². The summed E-state index contributed by atoms with van der Waals surface area (Å²) in [5.74, 6) is 0.607. The van der Waals surface area contributed by atoms with Crippen LogP contribution in [0.15, 0.2) is 41.8 Å². The second-order valence-electron chi connectivity index (χ2n) is 6.50. The predicted octanol–water partition coefficient (Wildman–Crippen LogP) is 5.56. The summed E-state index contributed by atoms with van der Waals surface area (Å²) in [7, 11) is 1.62. The number of hydrogen-bond donors (Lipinski definition) is 2. The van der Waals surface area contributed by atoms with Crippen LogP contribution in [-0.4, -0.2) is 13.0 Å². The van der Waals surface area contributed by atoms with Crippen LogP contribution in [0.25, 0.3) is 0 Å². The normalized spacial score (nSPS) is 13.1. The van der Waals surface area contributed by atoms with Gasteiger partial charge in [0.05, 0.1) is 24.9 Å². The Kier molecular flexibility index (Phi) is 5.45. The molecule has 2 N–H and O–H groups in total. The first-order valence-corrected chi connectivity index (χ1v) is 10.8. The molecule has 1 aromatic carbocycles. The highest BCUT2D eigenvalue weighted by atomic mass is 32.1. The van der Waals surface area contributed by atoms with Crippen molar-refractivity contribution in [3.8, 4) is 5.75 Å². The molecule has 2 aromatic heterocycles. The van der Waals surface area contributed by atoms with Gasteiger partial charge >= 0.3 is 0 Å². The van der Waals surface area contributed by atoms with Crippen LogP contribution in [-0.2, 0) is 19.4 Å². The van der Waals surface area contributed by atoms with E-state index in [4.69, 9.17) is 4.74 Å². The van der Waals surface area contributed by atoms with E-state index in [0.717, 1.165) is 36.4 Å². The molecule has 1 aliphatic rings. The minimum Gasteiger partial charge on any atom is -0.495 e. The van der Waals surface area contributed by atoms with Gasteiger partial charge in [-0.3, -0.25) is 4.79 Å². The summed E-state index contributed by atoms with van der Waals surface area (Å²) < 4.78 is 5.38. The van der Waals surface area contributed by atoms with Crippen molar-refractivity contribution in [2.75, 3.05) is 17.7 Å². The Morgan fingerprint density at radius 2 is 2.00 bits per heavy atom. The third-order valence-corrected chi connectivity index (χ3v) is 6.88. The van der Waals surface area contributed by atoms with E-state index in [1.165, 1.54) is 21.7 Å². The van der Waals surface area contributed by atoms with Gasteiger partial charge in [-0.25, -0.2) is 0 Å². The van der Waals surface area contributed by atoms with Crippen LogP contribution in [0.2, 0.25) is 0 Å². The smallest absolute Gasteiger partial charge is 0.259 e. The second kappa shape index (κ2) is 8.15. The lowest BCUT2D eigenvalue weighted by Gasteiger charge is -2.14. The number of nitrogens with one attached hydrogen (secondary N) is 2. The molecule has 6 heteroatoms. The van der Waals surface area contributed by atoms with E-state index in [2.05, 4.69) is 28.1 Å². The van der Waals surface area contributed by atoms with Gasteiger partial charge in [0.25, 0.3) is 5.91 Å². The van der Waals surface area contributed by atoms with Gasteiger partial charge < -0.3 is 15.4 Å². The molecule has 140 valence electrons.